The number of nitriles is 1. The van der Waals surface area contributed by atoms with Crippen molar-refractivity contribution in [2.45, 2.75) is 68.5 Å². The molecule has 0 radical (unpaired) electrons. The van der Waals surface area contributed by atoms with Crippen molar-refractivity contribution in [3.8, 4) is 73.1 Å². The quantitative estimate of drug-likeness (QED) is 0.157. The second-order valence-electron chi connectivity index (χ2n) is 21.7. The number of alkyl halides is 3. The van der Waals surface area contributed by atoms with Crippen LogP contribution in [0.1, 0.15) is 61.2 Å². The van der Waals surface area contributed by atoms with Crippen molar-refractivity contribution in [1.82, 2.24) is 9.13 Å². The van der Waals surface area contributed by atoms with Crippen LogP contribution >= 0.6 is 0 Å². The molecule has 6 heteroatoms. The summed E-state index contributed by atoms with van der Waals surface area (Å²) in [6.45, 7) is 18.5. The Labute approximate surface area is 447 Å². The zero-order chi connectivity index (χ0) is 53.8. The van der Waals surface area contributed by atoms with Crippen molar-refractivity contribution in [3.05, 3.63) is 237 Å². The third-order valence-corrected chi connectivity index (χ3v) is 15.2. The largest absolute Gasteiger partial charge is 0.416 e. The van der Waals surface area contributed by atoms with E-state index in [2.05, 4.69) is 216 Å². The van der Waals surface area contributed by atoms with Crippen LogP contribution in [0.25, 0.3) is 111 Å². The van der Waals surface area contributed by atoms with Gasteiger partial charge in [-0.15, -0.1) is 0 Å². The molecule has 0 bridgehead atoms. The van der Waals surface area contributed by atoms with E-state index < -0.39 is 11.7 Å². The molecule has 0 amide bonds. The summed E-state index contributed by atoms with van der Waals surface area (Å²) in [7, 11) is 0. The molecule has 12 aromatic rings. The smallest absolute Gasteiger partial charge is 0.308 e. The summed E-state index contributed by atoms with van der Waals surface area (Å²) >= 11 is 0. The Morgan fingerprint density at radius 1 is 0.312 bits per heavy atom. The van der Waals surface area contributed by atoms with E-state index in [9.17, 15) is 5.26 Å². The summed E-state index contributed by atoms with van der Waals surface area (Å²) in [6, 6.07) is 62.9. The summed E-state index contributed by atoms with van der Waals surface area (Å²) in [5, 5.41) is 15.3. The predicted octanol–water partition coefficient (Wildman–Crippen LogP) is 19.9. The number of halogens is 3. The van der Waals surface area contributed by atoms with Crippen LogP contribution < -0.4 is 0 Å². The molecule has 77 heavy (non-hydrogen) atoms. The molecule has 0 aliphatic heterocycles. The van der Waals surface area contributed by atoms with Gasteiger partial charge in [0, 0.05) is 27.1 Å². The molecular weight excluding hydrogens is 952 g/mol. The maximum atomic E-state index is 15.4. The minimum absolute atomic E-state index is 0.360. The van der Waals surface area contributed by atoms with Crippen LogP contribution in [0.2, 0.25) is 0 Å². The van der Waals surface area contributed by atoms with Gasteiger partial charge in [-0.1, -0.05) is 172 Å². The van der Waals surface area contributed by atoms with Crippen molar-refractivity contribution in [2.75, 3.05) is 0 Å². The molecule has 2 heterocycles. The SMILES string of the molecule is Cc1cc(C)cc(-c2ccc3c4ccc(-c5cc(C)cc(C)c5)cc4n(-c4cc(C#N)cc(-n5c6cc(-c7cc(C)cc(C)c7)ccc6c6ccc(-c7cc(C)cc(C)c7)cc65)c4-c4cc(C)cc(C(F)(F)F)c4)c3c2)c1. The lowest BCUT2D eigenvalue weighted by atomic mass is 9.94. The number of aromatic nitrogens is 2. The molecule has 0 atom stereocenters. The Morgan fingerprint density at radius 2 is 0.584 bits per heavy atom. The van der Waals surface area contributed by atoms with E-state index >= 15 is 13.2 Å². The lowest BCUT2D eigenvalue weighted by Crippen LogP contribution is -2.08. The van der Waals surface area contributed by atoms with Crippen LogP contribution in [0.3, 0.4) is 0 Å². The molecule has 0 saturated heterocycles. The lowest BCUT2D eigenvalue weighted by Gasteiger charge is -2.22. The van der Waals surface area contributed by atoms with Gasteiger partial charge in [-0.3, -0.25) is 0 Å². The van der Waals surface area contributed by atoms with Crippen LogP contribution in [0.4, 0.5) is 13.2 Å². The number of fused-ring (bicyclic) bond motifs is 6. The fourth-order valence-electron chi connectivity index (χ4n) is 12.3. The first-order valence-corrected chi connectivity index (χ1v) is 26.1. The number of hydrogen-bond acceptors (Lipinski definition) is 1. The zero-order valence-corrected chi connectivity index (χ0v) is 44.7. The van der Waals surface area contributed by atoms with Gasteiger partial charge in [0.1, 0.15) is 0 Å². The molecule has 0 fully saturated rings. The van der Waals surface area contributed by atoms with Gasteiger partial charge < -0.3 is 9.13 Å². The highest BCUT2D eigenvalue weighted by Crippen LogP contribution is 2.47. The second-order valence-corrected chi connectivity index (χ2v) is 21.7. The van der Waals surface area contributed by atoms with E-state index in [1.165, 1.54) is 12.1 Å². The van der Waals surface area contributed by atoms with E-state index in [1.54, 1.807) is 6.92 Å². The van der Waals surface area contributed by atoms with Crippen LogP contribution in [0.5, 0.6) is 0 Å². The molecule has 376 valence electrons. The van der Waals surface area contributed by atoms with Gasteiger partial charge in [0.2, 0.25) is 0 Å². The summed E-state index contributed by atoms with van der Waals surface area (Å²) in [5.74, 6) is 0. The van der Waals surface area contributed by atoms with Crippen molar-refractivity contribution < 1.29 is 13.2 Å². The van der Waals surface area contributed by atoms with Gasteiger partial charge in [0.05, 0.1) is 50.6 Å². The molecule has 0 aliphatic rings. The minimum Gasteiger partial charge on any atom is -0.308 e. The van der Waals surface area contributed by atoms with Crippen molar-refractivity contribution in [1.29, 1.82) is 5.26 Å². The topological polar surface area (TPSA) is 33.6 Å². The average Bonchev–Trinajstić information content (AvgIpc) is 3.88. The minimum atomic E-state index is -4.64. The first-order valence-electron chi connectivity index (χ1n) is 26.1. The molecule has 0 aliphatic carbocycles. The highest BCUT2D eigenvalue weighted by atomic mass is 19.4. The van der Waals surface area contributed by atoms with Crippen molar-refractivity contribution in [3.63, 3.8) is 0 Å². The fraction of sp³-hybridized carbons (Fsp3) is 0.141. The Morgan fingerprint density at radius 3 is 0.857 bits per heavy atom. The first-order chi connectivity index (χ1) is 36.8. The Bertz CT molecular complexity index is 3950. The summed E-state index contributed by atoms with van der Waals surface area (Å²) in [5.41, 5.74) is 22.9. The fourth-order valence-corrected chi connectivity index (χ4v) is 12.3. The summed E-state index contributed by atoms with van der Waals surface area (Å²) in [4.78, 5) is 0. The van der Waals surface area contributed by atoms with Gasteiger partial charge in [0.15, 0.2) is 0 Å². The maximum Gasteiger partial charge on any atom is 0.416 e. The van der Waals surface area contributed by atoms with Crippen LogP contribution in [-0.2, 0) is 6.18 Å². The standard InChI is InChI=1S/C71H56F3N3/c1-40-18-41(2)23-54(22-40)50-10-14-60-61-15-11-51(55-24-42(3)19-43(4)25-55)36-65(61)76(64(60)35-50)68-32-49(39-75)33-69(70(68)58-30-48(9)31-59(34-58)71(72,73)74)77-66-37-52(56-26-44(5)20-45(6)27-56)12-16-62(66)63-17-13-53(38-67(63)77)57-28-46(7)21-47(8)29-57/h10-38H,1-9H3. The Hall–Kier alpha value is -8.92. The second kappa shape index (κ2) is 18.4. The van der Waals surface area contributed by atoms with E-state index in [0.717, 1.165) is 133 Å². The van der Waals surface area contributed by atoms with Gasteiger partial charge >= 0.3 is 6.18 Å². The number of benzene rings is 10. The number of rotatable bonds is 7. The average molecular weight is 1010 g/mol. The van der Waals surface area contributed by atoms with E-state index in [1.807, 2.05) is 18.2 Å². The highest BCUT2D eigenvalue weighted by Gasteiger charge is 2.32. The monoisotopic (exact) mass is 1010 g/mol. The summed E-state index contributed by atoms with van der Waals surface area (Å²) < 4.78 is 50.5. The highest BCUT2D eigenvalue weighted by molar-refractivity contribution is 6.14. The van der Waals surface area contributed by atoms with E-state index in [-0.39, 0.29) is 0 Å². The van der Waals surface area contributed by atoms with Crippen LogP contribution in [-0.4, -0.2) is 9.13 Å². The molecule has 0 spiro atoms. The molecule has 10 aromatic carbocycles. The molecule has 12 rings (SSSR count). The van der Waals surface area contributed by atoms with Crippen molar-refractivity contribution in [2.24, 2.45) is 0 Å². The lowest BCUT2D eigenvalue weighted by molar-refractivity contribution is -0.137. The van der Waals surface area contributed by atoms with Gasteiger partial charge in [0.25, 0.3) is 0 Å². The molecule has 2 aromatic heterocycles. The molecule has 0 unspecified atom stereocenters. The van der Waals surface area contributed by atoms with Gasteiger partial charge in [-0.25, -0.2) is 0 Å². The Kier molecular flexibility index (Phi) is 11.7. The van der Waals surface area contributed by atoms with E-state index in [0.29, 0.717) is 33.6 Å². The Balaban J connectivity index is 1.28. The van der Waals surface area contributed by atoms with E-state index in [4.69, 9.17) is 0 Å². The van der Waals surface area contributed by atoms with Crippen LogP contribution in [0, 0.1) is 73.6 Å². The number of hydrogen-bond donors (Lipinski definition) is 0. The summed E-state index contributed by atoms with van der Waals surface area (Å²) in [6.07, 6.45) is -4.64. The molecular formula is C71H56F3N3. The third kappa shape index (κ3) is 8.86. The predicted molar refractivity (Wildman–Crippen MR) is 315 cm³/mol. The number of aryl methyl sites for hydroxylation is 9. The molecule has 0 N–H and O–H groups in total. The molecule has 0 saturated carbocycles. The van der Waals surface area contributed by atoms with Crippen LogP contribution in [0.15, 0.2) is 176 Å². The third-order valence-electron chi connectivity index (χ3n) is 15.2. The normalized spacial score (nSPS) is 11.9. The maximum absolute atomic E-state index is 15.4. The first kappa shape index (κ1) is 49.0. The van der Waals surface area contributed by atoms with Gasteiger partial charge in [-0.2, -0.15) is 18.4 Å². The molecule has 3 nitrogen and oxygen atoms in total. The van der Waals surface area contributed by atoms with Crippen molar-refractivity contribution >= 4 is 43.6 Å². The zero-order valence-electron chi connectivity index (χ0n) is 44.7. The van der Waals surface area contributed by atoms with Gasteiger partial charge in [-0.05, 0) is 166 Å². The number of nitrogens with zero attached hydrogens (tertiary/aromatic N) is 3.